The lowest BCUT2D eigenvalue weighted by molar-refractivity contribution is -0.124. The van der Waals surface area contributed by atoms with E-state index in [2.05, 4.69) is 15.8 Å². The molecule has 0 atom stereocenters. The Morgan fingerprint density at radius 3 is 1.88 bits per heavy atom. The Labute approximate surface area is 196 Å². The van der Waals surface area contributed by atoms with E-state index in [-0.39, 0.29) is 18.2 Å². The highest BCUT2D eigenvalue weighted by molar-refractivity contribution is 6.00. The summed E-state index contributed by atoms with van der Waals surface area (Å²) in [4.78, 5) is 25.9. The van der Waals surface area contributed by atoms with E-state index in [1.54, 1.807) is 6.92 Å². The molecule has 5 nitrogen and oxygen atoms in total. The summed E-state index contributed by atoms with van der Waals surface area (Å²) in [6, 6.07) is 19.7. The Hall–Kier alpha value is -2.95. The van der Waals surface area contributed by atoms with Crippen LogP contribution in [-0.2, 0) is 9.59 Å². The van der Waals surface area contributed by atoms with Crippen LogP contribution in [0, 0.1) is 23.7 Å². The maximum Gasteiger partial charge on any atom is 0.252 e. The molecule has 2 aromatic rings. The van der Waals surface area contributed by atoms with E-state index in [1.165, 1.54) is 32.1 Å². The zero-order chi connectivity index (χ0) is 22.8. The van der Waals surface area contributed by atoms with Crippen LogP contribution in [0.25, 0.3) is 0 Å². The van der Waals surface area contributed by atoms with Crippen LogP contribution in [-0.4, -0.2) is 23.6 Å². The van der Waals surface area contributed by atoms with Gasteiger partial charge in [0, 0.05) is 11.8 Å². The fourth-order valence-corrected chi connectivity index (χ4v) is 6.67. The third-order valence-electron chi connectivity index (χ3n) is 7.86. The number of rotatable bonds is 7. The molecule has 0 radical (unpaired) electrons. The fourth-order valence-electron chi connectivity index (χ4n) is 6.67. The third kappa shape index (κ3) is 4.87. The number of hydrogen-bond donors (Lipinski definition) is 2. The summed E-state index contributed by atoms with van der Waals surface area (Å²) < 4.78 is 0. The molecule has 2 amide bonds. The minimum absolute atomic E-state index is 0.0191. The molecule has 0 spiro atoms. The van der Waals surface area contributed by atoms with Crippen LogP contribution in [0.15, 0.2) is 65.8 Å². The molecule has 4 aliphatic rings. The van der Waals surface area contributed by atoms with Crippen molar-refractivity contribution in [1.82, 2.24) is 10.7 Å². The largest absolute Gasteiger partial charge is 0.352 e. The molecule has 0 heterocycles. The van der Waals surface area contributed by atoms with E-state index in [1.807, 2.05) is 60.7 Å². The normalized spacial score (nSPS) is 28.1. The standard InChI is InChI=1S/C28H33N3O2/c1-18(12-25(32)29-27-23-14-19-13-20(16-23)17-24(27)15-19)30-31-28(33)26(21-8-4-2-5-9-21)22-10-6-3-7-11-22/h2-11,19-20,23-24,26-27H,12-17H2,1H3,(H,29,32)(H,31,33). The number of hydrazone groups is 1. The molecule has 33 heavy (non-hydrogen) atoms. The summed E-state index contributed by atoms with van der Waals surface area (Å²) in [6.45, 7) is 1.80. The average Bonchev–Trinajstić information content (AvgIpc) is 2.81. The van der Waals surface area contributed by atoms with Gasteiger partial charge in [0.15, 0.2) is 0 Å². The van der Waals surface area contributed by atoms with Crippen molar-refractivity contribution in [3.8, 4) is 0 Å². The van der Waals surface area contributed by atoms with Gasteiger partial charge in [-0.3, -0.25) is 9.59 Å². The fraction of sp³-hybridized carbons (Fsp3) is 0.464. The first-order valence-corrected chi connectivity index (χ1v) is 12.3. The van der Waals surface area contributed by atoms with Gasteiger partial charge in [0.25, 0.3) is 5.91 Å². The number of carbonyl (C=O) groups excluding carboxylic acids is 2. The monoisotopic (exact) mass is 443 g/mol. The lowest BCUT2D eigenvalue weighted by Crippen LogP contribution is -2.56. The molecule has 0 aliphatic heterocycles. The van der Waals surface area contributed by atoms with Crippen molar-refractivity contribution in [3.05, 3.63) is 71.8 Å². The van der Waals surface area contributed by atoms with Gasteiger partial charge in [-0.1, -0.05) is 60.7 Å². The second-order valence-corrected chi connectivity index (χ2v) is 10.3. The summed E-state index contributed by atoms with van der Waals surface area (Å²) in [7, 11) is 0. The van der Waals surface area contributed by atoms with Crippen LogP contribution >= 0.6 is 0 Å². The van der Waals surface area contributed by atoms with E-state index in [0.717, 1.165) is 23.0 Å². The molecule has 0 aromatic heterocycles. The maximum atomic E-state index is 13.1. The number of benzene rings is 2. The second kappa shape index (κ2) is 9.50. The molecular formula is C28H33N3O2. The lowest BCUT2D eigenvalue weighted by atomic mass is 9.54. The predicted octanol–water partition coefficient (Wildman–Crippen LogP) is 4.64. The molecule has 172 valence electrons. The molecule has 4 aliphatic carbocycles. The van der Waals surface area contributed by atoms with Crippen LogP contribution in [0.4, 0.5) is 0 Å². The van der Waals surface area contributed by atoms with Gasteiger partial charge < -0.3 is 5.32 Å². The Kier molecular flexibility index (Phi) is 6.30. The zero-order valence-electron chi connectivity index (χ0n) is 19.2. The maximum absolute atomic E-state index is 13.1. The topological polar surface area (TPSA) is 70.6 Å². The number of nitrogens with zero attached hydrogens (tertiary/aromatic N) is 1. The highest BCUT2D eigenvalue weighted by Crippen LogP contribution is 2.53. The van der Waals surface area contributed by atoms with Crippen molar-refractivity contribution in [1.29, 1.82) is 0 Å². The van der Waals surface area contributed by atoms with Gasteiger partial charge in [0.2, 0.25) is 5.91 Å². The number of carbonyl (C=O) groups is 2. The average molecular weight is 444 g/mol. The summed E-state index contributed by atoms with van der Waals surface area (Å²) in [5, 5.41) is 7.60. The molecule has 2 N–H and O–H groups in total. The van der Waals surface area contributed by atoms with E-state index in [9.17, 15) is 9.59 Å². The molecule has 4 bridgehead atoms. The van der Waals surface area contributed by atoms with Crippen molar-refractivity contribution >= 4 is 17.5 Å². The first kappa shape index (κ1) is 21.9. The summed E-state index contributed by atoms with van der Waals surface area (Å²) in [5.74, 6) is 2.45. The quantitative estimate of drug-likeness (QED) is 0.483. The highest BCUT2D eigenvalue weighted by atomic mass is 16.2. The minimum Gasteiger partial charge on any atom is -0.352 e. The lowest BCUT2D eigenvalue weighted by Gasteiger charge is -2.54. The Bertz CT molecular complexity index is 950. The number of amides is 2. The van der Waals surface area contributed by atoms with Crippen LogP contribution < -0.4 is 10.7 Å². The van der Waals surface area contributed by atoms with Gasteiger partial charge in [0.1, 0.15) is 0 Å². The minimum atomic E-state index is -0.453. The summed E-state index contributed by atoms with van der Waals surface area (Å²) in [6.07, 6.45) is 6.74. The van der Waals surface area contributed by atoms with E-state index in [4.69, 9.17) is 0 Å². The Morgan fingerprint density at radius 1 is 0.848 bits per heavy atom. The summed E-state index contributed by atoms with van der Waals surface area (Å²) >= 11 is 0. The molecular weight excluding hydrogens is 410 g/mol. The van der Waals surface area contributed by atoms with Crippen molar-refractivity contribution in [3.63, 3.8) is 0 Å². The second-order valence-electron chi connectivity index (χ2n) is 10.3. The Morgan fingerprint density at radius 2 is 1.36 bits per heavy atom. The number of nitrogens with one attached hydrogen (secondary N) is 2. The highest BCUT2D eigenvalue weighted by Gasteiger charge is 2.48. The van der Waals surface area contributed by atoms with Crippen molar-refractivity contribution in [2.45, 2.75) is 57.4 Å². The third-order valence-corrected chi connectivity index (χ3v) is 7.86. The molecule has 6 rings (SSSR count). The van der Waals surface area contributed by atoms with Crippen LogP contribution in [0.2, 0.25) is 0 Å². The van der Waals surface area contributed by atoms with E-state index < -0.39 is 5.92 Å². The Balaban J connectivity index is 1.20. The molecule has 4 saturated carbocycles. The van der Waals surface area contributed by atoms with Gasteiger partial charge >= 0.3 is 0 Å². The predicted molar refractivity (Wildman–Crippen MR) is 130 cm³/mol. The summed E-state index contributed by atoms with van der Waals surface area (Å²) in [5.41, 5.74) is 5.15. The van der Waals surface area contributed by atoms with Crippen molar-refractivity contribution in [2.24, 2.45) is 28.8 Å². The smallest absolute Gasteiger partial charge is 0.252 e. The number of hydrogen-bond acceptors (Lipinski definition) is 3. The molecule has 4 fully saturated rings. The first-order valence-electron chi connectivity index (χ1n) is 12.3. The molecule has 5 heteroatoms. The molecule has 0 unspecified atom stereocenters. The van der Waals surface area contributed by atoms with Gasteiger partial charge in [-0.25, -0.2) is 5.43 Å². The van der Waals surface area contributed by atoms with Crippen molar-refractivity contribution < 1.29 is 9.59 Å². The van der Waals surface area contributed by atoms with Gasteiger partial charge in [-0.05, 0) is 73.8 Å². The van der Waals surface area contributed by atoms with Crippen LogP contribution in [0.3, 0.4) is 0 Å². The van der Waals surface area contributed by atoms with Crippen molar-refractivity contribution in [2.75, 3.05) is 0 Å². The van der Waals surface area contributed by atoms with Crippen LogP contribution in [0.1, 0.15) is 62.5 Å². The van der Waals surface area contributed by atoms with Gasteiger partial charge in [-0.15, -0.1) is 0 Å². The van der Waals surface area contributed by atoms with Gasteiger partial charge in [-0.2, -0.15) is 5.10 Å². The van der Waals surface area contributed by atoms with Crippen LogP contribution in [0.5, 0.6) is 0 Å². The molecule has 2 aromatic carbocycles. The zero-order valence-corrected chi connectivity index (χ0v) is 19.2. The first-order chi connectivity index (χ1) is 16.1. The SMILES string of the molecule is CC(CC(=O)NC1C2CC3CC(C2)CC1C3)=NNC(=O)C(c1ccccc1)c1ccccc1. The molecule has 0 saturated heterocycles. The van der Waals surface area contributed by atoms with Gasteiger partial charge in [0.05, 0.1) is 12.3 Å². The van der Waals surface area contributed by atoms with E-state index >= 15 is 0 Å². The van der Waals surface area contributed by atoms with E-state index in [0.29, 0.717) is 23.6 Å².